The highest BCUT2D eigenvalue weighted by molar-refractivity contribution is 7.89. The molecule has 0 saturated carbocycles. The molecule has 0 radical (unpaired) electrons. The summed E-state index contributed by atoms with van der Waals surface area (Å²) in [4.78, 5) is 17.2. The van der Waals surface area contributed by atoms with Gasteiger partial charge in [-0.2, -0.15) is 0 Å². The van der Waals surface area contributed by atoms with Crippen molar-refractivity contribution < 1.29 is 13.2 Å². The van der Waals surface area contributed by atoms with Gasteiger partial charge in [0.05, 0.1) is 16.0 Å². The molecule has 1 amide bonds. The molecule has 0 aliphatic rings. The zero-order valence-electron chi connectivity index (χ0n) is 14.7. The normalized spacial score (nSPS) is 11.7. The Bertz CT molecular complexity index is 1090. The Morgan fingerprint density at radius 1 is 1.08 bits per heavy atom. The van der Waals surface area contributed by atoms with Crippen LogP contribution in [0.3, 0.4) is 0 Å². The maximum absolute atomic E-state index is 12.8. The maximum Gasteiger partial charge on any atom is 0.256 e. The van der Waals surface area contributed by atoms with Crippen molar-refractivity contribution in [3.05, 3.63) is 65.9 Å². The van der Waals surface area contributed by atoms with Gasteiger partial charge in [-0.05, 0) is 36.8 Å². The van der Waals surface area contributed by atoms with Gasteiger partial charge >= 0.3 is 0 Å². The number of nitrogens with zero attached hydrogens (tertiary/aromatic N) is 2. The number of hydrogen-bond acceptors (Lipinski definition) is 4. The highest BCUT2D eigenvalue weighted by atomic mass is 32.2. The van der Waals surface area contributed by atoms with Crippen LogP contribution in [0.15, 0.2) is 59.6 Å². The Balaban J connectivity index is 1.99. The molecule has 0 fully saturated rings. The molecule has 3 rings (SSSR count). The Morgan fingerprint density at radius 2 is 1.81 bits per heavy atom. The van der Waals surface area contributed by atoms with Crippen LogP contribution in [-0.4, -0.2) is 37.7 Å². The largest absolute Gasteiger partial charge is 0.322 e. The minimum atomic E-state index is -3.58. The van der Waals surface area contributed by atoms with Gasteiger partial charge in [0.2, 0.25) is 10.0 Å². The lowest BCUT2D eigenvalue weighted by Gasteiger charge is -2.15. The van der Waals surface area contributed by atoms with Crippen LogP contribution in [0.4, 0.5) is 5.69 Å². The standard InChI is InChI=1S/C19H19N3O3S/c1-13-8-9-14(26(24,25)22(2)3)12-18(13)21-19(23)16-10-11-20-17-7-5-4-6-15(16)17/h4-12H,1-3H3,(H,21,23). The van der Waals surface area contributed by atoms with Gasteiger partial charge in [0.25, 0.3) is 5.91 Å². The first kappa shape index (κ1) is 18.0. The minimum absolute atomic E-state index is 0.128. The quantitative estimate of drug-likeness (QED) is 0.767. The summed E-state index contributed by atoms with van der Waals surface area (Å²) in [6.45, 7) is 1.81. The molecule has 1 N–H and O–H groups in total. The van der Waals surface area contributed by atoms with Crippen LogP contribution >= 0.6 is 0 Å². The summed E-state index contributed by atoms with van der Waals surface area (Å²) in [6, 6.07) is 13.7. The molecule has 2 aromatic carbocycles. The maximum atomic E-state index is 12.8. The van der Waals surface area contributed by atoms with Crippen molar-refractivity contribution in [3.63, 3.8) is 0 Å². The highest BCUT2D eigenvalue weighted by Crippen LogP contribution is 2.24. The average molecular weight is 369 g/mol. The number of anilines is 1. The van der Waals surface area contributed by atoms with Gasteiger partial charge in [0.15, 0.2) is 0 Å². The number of aromatic nitrogens is 1. The summed E-state index contributed by atoms with van der Waals surface area (Å²) in [5.74, 6) is -0.314. The number of para-hydroxylation sites is 1. The molecule has 7 heteroatoms. The smallest absolute Gasteiger partial charge is 0.256 e. The zero-order chi connectivity index (χ0) is 18.9. The van der Waals surface area contributed by atoms with Crippen molar-refractivity contribution in [2.24, 2.45) is 0 Å². The Morgan fingerprint density at radius 3 is 2.54 bits per heavy atom. The van der Waals surface area contributed by atoms with E-state index in [2.05, 4.69) is 10.3 Å². The van der Waals surface area contributed by atoms with Gasteiger partial charge in [-0.25, -0.2) is 12.7 Å². The molecule has 1 aromatic heterocycles. The van der Waals surface area contributed by atoms with Gasteiger partial charge in [-0.3, -0.25) is 9.78 Å². The van der Waals surface area contributed by atoms with E-state index in [9.17, 15) is 13.2 Å². The molecule has 0 unspecified atom stereocenters. The first-order valence-electron chi connectivity index (χ1n) is 7.99. The summed E-state index contributed by atoms with van der Waals surface area (Å²) >= 11 is 0. The first-order chi connectivity index (χ1) is 12.3. The number of hydrogen-bond donors (Lipinski definition) is 1. The van der Waals surface area contributed by atoms with Crippen LogP contribution in [-0.2, 0) is 10.0 Å². The van der Waals surface area contributed by atoms with E-state index in [0.29, 0.717) is 11.3 Å². The number of amides is 1. The molecule has 0 aliphatic heterocycles. The van der Waals surface area contributed by atoms with E-state index in [1.165, 1.54) is 26.2 Å². The lowest BCUT2D eigenvalue weighted by atomic mass is 10.1. The van der Waals surface area contributed by atoms with Crippen LogP contribution < -0.4 is 5.32 Å². The number of aryl methyl sites for hydroxylation is 1. The molecule has 0 aliphatic carbocycles. The van der Waals surface area contributed by atoms with Gasteiger partial charge in [-0.1, -0.05) is 24.3 Å². The second-order valence-corrected chi connectivity index (χ2v) is 8.25. The topological polar surface area (TPSA) is 79.4 Å². The number of sulfonamides is 1. The minimum Gasteiger partial charge on any atom is -0.322 e. The molecule has 26 heavy (non-hydrogen) atoms. The van der Waals surface area contributed by atoms with Crippen LogP contribution in [0.5, 0.6) is 0 Å². The average Bonchev–Trinajstić information content (AvgIpc) is 2.62. The second kappa shape index (κ2) is 6.86. The van der Waals surface area contributed by atoms with Crippen molar-refractivity contribution in [1.29, 1.82) is 0 Å². The Labute approximate surface area is 152 Å². The van der Waals surface area contributed by atoms with Crippen LogP contribution in [0.1, 0.15) is 15.9 Å². The molecule has 3 aromatic rings. The van der Waals surface area contributed by atoms with Crippen LogP contribution in [0.2, 0.25) is 0 Å². The molecular weight excluding hydrogens is 350 g/mol. The van der Waals surface area contributed by atoms with Crippen molar-refractivity contribution >= 4 is 32.5 Å². The van der Waals surface area contributed by atoms with Crippen molar-refractivity contribution in [2.75, 3.05) is 19.4 Å². The molecule has 0 saturated heterocycles. The van der Waals surface area contributed by atoms with Gasteiger partial charge in [-0.15, -0.1) is 0 Å². The molecular formula is C19H19N3O3S. The number of carbonyl (C=O) groups is 1. The summed E-state index contributed by atoms with van der Waals surface area (Å²) < 4.78 is 25.8. The van der Waals surface area contributed by atoms with Gasteiger partial charge in [0.1, 0.15) is 0 Å². The van der Waals surface area contributed by atoms with E-state index in [1.807, 2.05) is 31.2 Å². The molecule has 6 nitrogen and oxygen atoms in total. The molecule has 0 bridgehead atoms. The summed E-state index contributed by atoms with van der Waals surface area (Å²) in [7, 11) is -0.642. The Kier molecular flexibility index (Phi) is 4.76. The number of carbonyl (C=O) groups excluding carboxylic acids is 1. The third-order valence-electron chi connectivity index (χ3n) is 4.13. The van der Waals surface area contributed by atoms with E-state index in [0.717, 1.165) is 20.8 Å². The monoisotopic (exact) mass is 369 g/mol. The van der Waals surface area contributed by atoms with Gasteiger partial charge in [0, 0.05) is 31.4 Å². The van der Waals surface area contributed by atoms with Crippen molar-refractivity contribution in [1.82, 2.24) is 9.29 Å². The van der Waals surface area contributed by atoms with E-state index in [-0.39, 0.29) is 10.8 Å². The number of pyridine rings is 1. The van der Waals surface area contributed by atoms with Crippen LogP contribution in [0.25, 0.3) is 10.9 Å². The summed E-state index contributed by atoms with van der Waals surface area (Å²) in [6.07, 6.45) is 1.58. The van der Waals surface area contributed by atoms with Crippen LogP contribution in [0, 0.1) is 6.92 Å². The highest BCUT2D eigenvalue weighted by Gasteiger charge is 2.19. The summed E-state index contributed by atoms with van der Waals surface area (Å²) in [5, 5.41) is 3.56. The molecule has 0 spiro atoms. The van der Waals surface area contributed by atoms with Gasteiger partial charge < -0.3 is 5.32 Å². The number of rotatable bonds is 4. The van der Waals surface area contributed by atoms with E-state index >= 15 is 0 Å². The SMILES string of the molecule is Cc1ccc(S(=O)(=O)N(C)C)cc1NC(=O)c1ccnc2ccccc12. The zero-order valence-corrected chi connectivity index (χ0v) is 15.5. The molecule has 1 heterocycles. The number of nitrogens with one attached hydrogen (secondary N) is 1. The number of fused-ring (bicyclic) bond motifs is 1. The fraction of sp³-hybridized carbons (Fsp3) is 0.158. The Hall–Kier alpha value is -2.77. The summed E-state index contributed by atoms with van der Waals surface area (Å²) in [5.41, 5.74) is 2.44. The van der Waals surface area contributed by atoms with Crippen molar-refractivity contribution in [3.8, 4) is 0 Å². The predicted molar refractivity (Wildman–Crippen MR) is 102 cm³/mol. The predicted octanol–water partition coefficient (Wildman–Crippen LogP) is 3.05. The number of benzene rings is 2. The second-order valence-electron chi connectivity index (χ2n) is 6.09. The van der Waals surface area contributed by atoms with Crippen molar-refractivity contribution in [2.45, 2.75) is 11.8 Å². The fourth-order valence-corrected chi connectivity index (χ4v) is 3.52. The van der Waals surface area contributed by atoms with E-state index < -0.39 is 10.0 Å². The molecule has 134 valence electrons. The first-order valence-corrected chi connectivity index (χ1v) is 9.43. The lowest BCUT2D eigenvalue weighted by Crippen LogP contribution is -2.22. The molecule has 0 atom stereocenters. The third-order valence-corrected chi connectivity index (χ3v) is 5.94. The van der Waals surface area contributed by atoms with E-state index in [4.69, 9.17) is 0 Å². The lowest BCUT2D eigenvalue weighted by molar-refractivity contribution is 0.102. The fourth-order valence-electron chi connectivity index (χ4n) is 2.59. The third kappa shape index (κ3) is 3.31. The van der Waals surface area contributed by atoms with E-state index in [1.54, 1.807) is 18.3 Å².